The molecule has 1 N–H and O–H groups in total. The summed E-state index contributed by atoms with van der Waals surface area (Å²) in [6, 6.07) is 5.23. The molecule has 0 bridgehead atoms. The minimum Gasteiger partial charge on any atom is -0.493 e. The van der Waals surface area contributed by atoms with Crippen molar-refractivity contribution in [3.63, 3.8) is 0 Å². The van der Waals surface area contributed by atoms with Gasteiger partial charge in [0.2, 0.25) is 0 Å². The first-order valence-electron chi connectivity index (χ1n) is 6.02. The van der Waals surface area contributed by atoms with Gasteiger partial charge < -0.3 is 14.6 Å². The van der Waals surface area contributed by atoms with Crippen LogP contribution in [0.2, 0.25) is 5.02 Å². The molecule has 3 rings (SSSR count). The summed E-state index contributed by atoms with van der Waals surface area (Å²) in [5.74, 6) is 0.430. The minimum atomic E-state index is -0.947. The van der Waals surface area contributed by atoms with Crippen LogP contribution in [0.4, 0.5) is 0 Å². The van der Waals surface area contributed by atoms with Crippen LogP contribution in [0.3, 0.4) is 0 Å². The first-order valence-corrected chi connectivity index (χ1v) is 7.28. The smallest absolute Gasteiger partial charge is 0.346 e. The van der Waals surface area contributed by atoms with Crippen LogP contribution < -0.4 is 9.47 Å². The number of hydrogen-bond donors (Lipinski definition) is 1. The topological polar surface area (TPSA) is 55.8 Å². The van der Waals surface area contributed by atoms with Gasteiger partial charge in [-0.25, -0.2) is 4.79 Å². The molecule has 0 atom stereocenters. The van der Waals surface area contributed by atoms with Crippen LogP contribution in [0, 0.1) is 0 Å². The number of carbonyl (C=O) groups is 1. The van der Waals surface area contributed by atoms with Crippen LogP contribution in [-0.2, 0) is 13.0 Å². The van der Waals surface area contributed by atoms with E-state index >= 15 is 0 Å². The molecule has 0 saturated carbocycles. The monoisotopic (exact) mass is 310 g/mol. The highest BCUT2D eigenvalue weighted by atomic mass is 35.5. The van der Waals surface area contributed by atoms with Gasteiger partial charge in [-0.05, 0) is 17.7 Å². The summed E-state index contributed by atoms with van der Waals surface area (Å²) < 4.78 is 11.2. The van der Waals surface area contributed by atoms with E-state index in [0.29, 0.717) is 24.0 Å². The van der Waals surface area contributed by atoms with Crippen molar-refractivity contribution >= 4 is 28.9 Å². The fourth-order valence-corrected chi connectivity index (χ4v) is 3.05. The van der Waals surface area contributed by atoms with E-state index in [9.17, 15) is 4.79 Å². The van der Waals surface area contributed by atoms with Crippen LogP contribution in [0.5, 0.6) is 11.5 Å². The average Bonchev–Trinajstić information content (AvgIpc) is 3.04. The standard InChI is InChI=1S/C14H11ClO4S/c15-10-3-8-1-2-18-13(8)9(4-10)6-19-11-5-12(14(16)17)20-7-11/h3-5,7H,1-2,6H2,(H,16,17). The molecule has 1 aromatic carbocycles. The summed E-state index contributed by atoms with van der Waals surface area (Å²) in [6.07, 6.45) is 0.852. The Hall–Kier alpha value is -1.72. The minimum absolute atomic E-state index is 0.257. The Morgan fingerprint density at radius 2 is 2.30 bits per heavy atom. The number of rotatable bonds is 4. The van der Waals surface area contributed by atoms with Gasteiger partial charge in [0.05, 0.1) is 6.61 Å². The largest absolute Gasteiger partial charge is 0.493 e. The lowest BCUT2D eigenvalue weighted by atomic mass is 10.1. The van der Waals surface area contributed by atoms with Crippen LogP contribution >= 0.6 is 22.9 Å². The Kier molecular flexibility index (Phi) is 3.54. The van der Waals surface area contributed by atoms with Gasteiger partial charge in [0, 0.05) is 28.5 Å². The Morgan fingerprint density at radius 1 is 1.45 bits per heavy atom. The van der Waals surface area contributed by atoms with Crippen molar-refractivity contribution in [3.05, 3.63) is 44.6 Å². The third-order valence-electron chi connectivity index (χ3n) is 3.01. The third-order valence-corrected chi connectivity index (χ3v) is 4.12. The second-order valence-corrected chi connectivity index (χ2v) is 5.74. The van der Waals surface area contributed by atoms with Crippen molar-refractivity contribution in [3.8, 4) is 11.5 Å². The zero-order valence-electron chi connectivity index (χ0n) is 10.4. The Morgan fingerprint density at radius 3 is 3.05 bits per heavy atom. The fraction of sp³-hybridized carbons (Fsp3) is 0.214. The molecule has 0 radical (unpaired) electrons. The SMILES string of the molecule is O=C(O)c1cc(OCc2cc(Cl)cc3c2OCC3)cs1. The lowest BCUT2D eigenvalue weighted by Crippen LogP contribution is -1.98. The average molecular weight is 311 g/mol. The van der Waals surface area contributed by atoms with Gasteiger partial charge >= 0.3 is 5.97 Å². The lowest BCUT2D eigenvalue weighted by molar-refractivity contribution is 0.0702. The number of carboxylic acid groups (broad SMARTS) is 1. The Balaban J connectivity index is 1.76. The van der Waals surface area contributed by atoms with Gasteiger partial charge in [0.25, 0.3) is 0 Å². The number of aromatic carboxylic acids is 1. The molecule has 4 nitrogen and oxygen atoms in total. The van der Waals surface area contributed by atoms with Gasteiger partial charge in [-0.2, -0.15) is 0 Å². The van der Waals surface area contributed by atoms with Crippen molar-refractivity contribution in [2.24, 2.45) is 0 Å². The molecule has 0 aliphatic carbocycles. The number of halogens is 1. The number of fused-ring (bicyclic) bond motifs is 1. The summed E-state index contributed by atoms with van der Waals surface area (Å²) in [6.45, 7) is 0.961. The summed E-state index contributed by atoms with van der Waals surface area (Å²) in [5, 5.41) is 11.2. The van der Waals surface area contributed by atoms with Crippen LogP contribution in [0.25, 0.3) is 0 Å². The molecular formula is C14H11ClO4S. The van der Waals surface area contributed by atoms with E-state index in [2.05, 4.69) is 0 Å². The number of benzene rings is 1. The summed E-state index contributed by atoms with van der Waals surface area (Å²) in [5.41, 5.74) is 1.97. The highest BCUT2D eigenvalue weighted by Gasteiger charge is 2.18. The summed E-state index contributed by atoms with van der Waals surface area (Å²) >= 11 is 7.21. The van der Waals surface area contributed by atoms with E-state index in [1.165, 1.54) is 6.07 Å². The van der Waals surface area contributed by atoms with E-state index < -0.39 is 5.97 Å². The number of ether oxygens (including phenoxy) is 2. The highest BCUT2D eigenvalue weighted by Crippen LogP contribution is 2.33. The number of carboxylic acids is 1. The highest BCUT2D eigenvalue weighted by molar-refractivity contribution is 7.12. The molecule has 6 heteroatoms. The van der Waals surface area contributed by atoms with Crippen molar-refractivity contribution in [2.45, 2.75) is 13.0 Å². The predicted octanol–water partition coefficient (Wildman–Crippen LogP) is 3.61. The molecule has 0 fully saturated rings. The maximum absolute atomic E-state index is 10.8. The van der Waals surface area contributed by atoms with Gasteiger partial charge in [0.1, 0.15) is 23.0 Å². The molecule has 2 heterocycles. The van der Waals surface area contributed by atoms with E-state index in [-0.39, 0.29) is 4.88 Å². The number of hydrogen-bond acceptors (Lipinski definition) is 4. The van der Waals surface area contributed by atoms with Crippen molar-refractivity contribution in [1.82, 2.24) is 0 Å². The molecule has 2 aromatic rings. The molecule has 1 aliphatic heterocycles. The molecule has 104 valence electrons. The van der Waals surface area contributed by atoms with E-state index in [0.717, 1.165) is 34.6 Å². The second kappa shape index (κ2) is 5.34. The molecule has 0 saturated heterocycles. The van der Waals surface area contributed by atoms with Crippen LogP contribution in [-0.4, -0.2) is 17.7 Å². The molecule has 0 spiro atoms. The van der Waals surface area contributed by atoms with Crippen molar-refractivity contribution in [2.75, 3.05) is 6.61 Å². The normalized spacial score (nSPS) is 12.8. The first kappa shape index (κ1) is 13.3. The van der Waals surface area contributed by atoms with Gasteiger partial charge in [0.15, 0.2) is 0 Å². The Labute approximate surface area is 124 Å². The van der Waals surface area contributed by atoms with Gasteiger partial charge in [-0.15, -0.1) is 11.3 Å². The van der Waals surface area contributed by atoms with E-state index in [1.54, 1.807) is 5.38 Å². The van der Waals surface area contributed by atoms with Crippen LogP contribution in [0.15, 0.2) is 23.6 Å². The molecule has 1 aliphatic rings. The Bertz CT molecular complexity index is 665. The zero-order chi connectivity index (χ0) is 14.1. The fourth-order valence-electron chi connectivity index (χ4n) is 2.12. The second-order valence-electron chi connectivity index (χ2n) is 4.39. The molecular weight excluding hydrogens is 300 g/mol. The van der Waals surface area contributed by atoms with E-state index in [4.69, 9.17) is 26.2 Å². The van der Waals surface area contributed by atoms with Gasteiger partial charge in [-0.3, -0.25) is 0 Å². The molecule has 20 heavy (non-hydrogen) atoms. The summed E-state index contributed by atoms with van der Waals surface area (Å²) in [7, 11) is 0. The zero-order valence-corrected chi connectivity index (χ0v) is 12.0. The van der Waals surface area contributed by atoms with Gasteiger partial charge in [-0.1, -0.05) is 11.6 Å². The van der Waals surface area contributed by atoms with E-state index in [1.807, 2.05) is 12.1 Å². The summed E-state index contributed by atoms with van der Waals surface area (Å²) in [4.78, 5) is 11.1. The molecule has 0 unspecified atom stereocenters. The maximum atomic E-state index is 10.8. The quantitative estimate of drug-likeness (QED) is 0.937. The van der Waals surface area contributed by atoms with Crippen LogP contribution in [0.1, 0.15) is 20.8 Å². The predicted molar refractivity (Wildman–Crippen MR) is 76.3 cm³/mol. The van der Waals surface area contributed by atoms with Crippen molar-refractivity contribution in [1.29, 1.82) is 0 Å². The molecule has 1 aromatic heterocycles. The molecule has 0 amide bonds. The third kappa shape index (κ3) is 2.59. The number of thiophene rings is 1. The van der Waals surface area contributed by atoms with Crippen molar-refractivity contribution < 1.29 is 19.4 Å². The lowest BCUT2D eigenvalue weighted by Gasteiger charge is -2.09. The maximum Gasteiger partial charge on any atom is 0.346 e. The first-order chi connectivity index (χ1) is 9.63.